The number of ether oxygens (including phenoxy) is 3. The zero-order valence-corrected chi connectivity index (χ0v) is 16.7. The summed E-state index contributed by atoms with van der Waals surface area (Å²) in [6.07, 6.45) is 9.92. The minimum Gasteiger partial charge on any atom is -0.493 e. The van der Waals surface area contributed by atoms with Crippen LogP contribution in [0.5, 0.6) is 17.2 Å². The molecule has 1 aromatic carbocycles. The molecule has 2 aromatic rings. The molecule has 0 aliphatic heterocycles. The number of benzene rings is 1. The zero-order valence-electron chi connectivity index (χ0n) is 15.8. The van der Waals surface area contributed by atoms with Crippen molar-refractivity contribution in [2.45, 2.75) is 51.1 Å². The predicted molar refractivity (Wildman–Crippen MR) is 106 cm³/mol. The van der Waals surface area contributed by atoms with E-state index in [1.165, 1.54) is 38.5 Å². The van der Waals surface area contributed by atoms with Gasteiger partial charge in [-0.15, -0.1) is 11.3 Å². The summed E-state index contributed by atoms with van der Waals surface area (Å²) in [6, 6.07) is 4.57. The van der Waals surface area contributed by atoms with Crippen molar-refractivity contribution in [1.82, 2.24) is 10.3 Å². The van der Waals surface area contributed by atoms with Gasteiger partial charge in [-0.2, -0.15) is 0 Å². The molecule has 1 saturated carbocycles. The highest BCUT2D eigenvalue weighted by Crippen LogP contribution is 2.42. The molecule has 1 aliphatic rings. The Balaban J connectivity index is 1.72. The summed E-state index contributed by atoms with van der Waals surface area (Å²) >= 11 is 1.71. The lowest BCUT2D eigenvalue weighted by molar-refractivity contribution is 0.324. The van der Waals surface area contributed by atoms with Crippen molar-refractivity contribution in [3.63, 3.8) is 0 Å². The SMILES string of the molecule is COc1cc(-c2cnc(CNC3CCCCCC3)s2)cc(OC)c1OC. The van der Waals surface area contributed by atoms with Crippen molar-refractivity contribution in [1.29, 1.82) is 0 Å². The van der Waals surface area contributed by atoms with Crippen LogP contribution in [0.1, 0.15) is 43.5 Å². The maximum Gasteiger partial charge on any atom is 0.203 e. The summed E-state index contributed by atoms with van der Waals surface area (Å²) in [5, 5.41) is 4.79. The fourth-order valence-corrected chi connectivity index (χ4v) is 4.32. The van der Waals surface area contributed by atoms with E-state index in [2.05, 4.69) is 10.3 Å². The van der Waals surface area contributed by atoms with E-state index in [0.29, 0.717) is 23.3 Å². The predicted octanol–water partition coefficient (Wildman–Crippen LogP) is 4.65. The number of aromatic nitrogens is 1. The third kappa shape index (κ3) is 4.48. The van der Waals surface area contributed by atoms with Gasteiger partial charge in [0, 0.05) is 24.3 Å². The summed E-state index contributed by atoms with van der Waals surface area (Å²) in [6.45, 7) is 0.833. The van der Waals surface area contributed by atoms with Gasteiger partial charge in [-0.25, -0.2) is 4.98 Å². The van der Waals surface area contributed by atoms with E-state index in [-0.39, 0.29) is 0 Å². The average Bonchev–Trinajstić information content (AvgIpc) is 3.00. The van der Waals surface area contributed by atoms with Crippen LogP contribution < -0.4 is 19.5 Å². The van der Waals surface area contributed by atoms with E-state index in [0.717, 1.165) is 22.0 Å². The minimum atomic E-state index is 0.610. The second kappa shape index (κ2) is 9.24. The first-order chi connectivity index (χ1) is 12.7. The smallest absolute Gasteiger partial charge is 0.203 e. The summed E-state index contributed by atoms with van der Waals surface area (Å²) in [4.78, 5) is 5.70. The number of nitrogens with zero attached hydrogens (tertiary/aromatic N) is 1. The van der Waals surface area contributed by atoms with Crippen molar-refractivity contribution in [2.75, 3.05) is 21.3 Å². The maximum absolute atomic E-state index is 5.45. The highest BCUT2D eigenvalue weighted by molar-refractivity contribution is 7.15. The number of hydrogen-bond acceptors (Lipinski definition) is 6. The molecule has 0 amide bonds. The molecule has 1 aliphatic carbocycles. The van der Waals surface area contributed by atoms with Crippen LogP contribution in [0.15, 0.2) is 18.3 Å². The van der Waals surface area contributed by atoms with E-state index < -0.39 is 0 Å². The van der Waals surface area contributed by atoms with Crippen molar-refractivity contribution < 1.29 is 14.2 Å². The fraction of sp³-hybridized carbons (Fsp3) is 0.550. The molecule has 0 bridgehead atoms. The van der Waals surface area contributed by atoms with Gasteiger partial charge < -0.3 is 19.5 Å². The zero-order chi connectivity index (χ0) is 18.4. The quantitative estimate of drug-likeness (QED) is 0.713. The van der Waals surface area contributed by atoms with E-state index in [9.17, 15) is 0 Å². The number of nitrogens with one attached hydrogen (secondary N) is 1. The Bertz CT molecular complexity index is 684. The molecule has 0 spiro atoms. The molecule has 1 fully saturated rings. The Morgan fingerprint density at radius 1 is 1.00 bits per heavy atom. The number of methoxy groups -OCH3 is 3. The van der Waals surface area contributed by atoms with Crippen LogP contribution in [0, 0.1) is 0 Å². The van der Waals surface area contributed by atoms with Gasteiger partial charge >= 0.3 is 0 Å². The van der Waals surface area contributed by atoms with Gasteiger partial charge in [0.05, 0.1) is 26.2 Å². The van der Waals surface area contributed by atoms with Gasteiger partial charge in [0.2, 0.25) is 5.75 Å². The summed E-state index contributed by atoms with van der Waals surface area (Å²) in [7, 11) is 4.88. The van der Waals surface area contributed by atoms with Gasteiger partial charge in [0.25, 0.3) is 0 Å². The molecule has 1 heterocycles. The van der Waals surface area contributed by atoms with Gasteiger partial charge in [0.15, 0.2) is 11.5 Å². The Labute approximate surface area is 159 Å². The third-order valence-electron chi connectivity index (χ3n) is 4.90. The van der Waals surface area contributed by atoms with Crippen molar-refractivity contribution in [3.8, 4) is 27.7 Å². The van der Waals surface area contributed by atoms with Crippen LogP contribution in [-0.4, -0.2) is 32.4 Å². The lowest BCUT2D eigenvalue weighted by atomic mass is 10.1. The highest BCUT2D eigenvalue weighted by atomic mass is 32.1. The molecular weight excluding hydrogens is 348 g/mol. The molecule has 1 N–H and O–H groups in total. The lowest BCUT2D eigenvalue weighted by Gasteiger charge is -2.14. The van der Waals surface area contributed by atoms with Crippen LogP contribution in [-0.2, 0) is 6.54 Å². The first-order valence-corrected chi connectivity index (χ1v) is 10.0. The van der Waals surface area contributed by atoms with Crippen LogP contribution >= 0.6 is 11.3 Å². The van der Waals surface area contributed by atoms with Gasteiger partial charge in [-0.05, 0) is 25.0 Å². The number of rotatable bonds is 7. The maximum atomic E-state index is 5.45. The molecular formula is C20H28N2O3S. The number of thiazole rings is 1. The molecule has 0 atom stereocenters. The van der Waals surface area contributed by atoms with E-state index >= 15 is 0 Å². The second-order valence-electron chi connectivity index (χ2n) is 6.60. The largest absolute Gasteiger partial charge is 0.493 e. The fourth-order valence-electron chi connectivity index (χ4n) is 3.46. The summed E-state index contributed by atoms with van der Waals surface area (Å²) in [5.41, 5.74) is 1.03. The first kappa shape index (κ1) is 19.0. The van der Waals surface area contributed by atoms with Crippen molar-refractivity contribution in [2.24, 2.45) is 0 Å². The van der Waals surface area contributed by atoms with E-state index in [1.807, 2.05) is 18.3 Å². The Kier molecular flexibility index (Phi) is 6.74. The van der Waals surface area contributed by atoms with Crippen LogP contribution in [0.3, 0.4) is 0 Å². The normalized spacial score (nSPS) is 15.5. The van der Waals surface area contributed by atoms with E-state index in [1.54, 1.807) is 32.7 Å². The van der Waals surface area contributed by atoms with Crippen LogP contribution in [0.4, 0.5) is 0 Å². The topological polar surface area (TPSA) is 52.6 Å². The van der Waals surface area contributed by atoms with Crippen molar-refractivity contribution in [3.05, 3.63) is 23.3 Å². The lowest BCUT2D eigenvalue weighted by Crippen LogP contribution is -2.27. The Morgan fingerprint density at radius 2 is 1.65 bits per heavy atom. The average molecular weight is 377 g/mol. The molecule has 5 nitrogen and oxygen atoms in total. The Morgan fingerprint density at radius 3 is 2.23 bits per heavy atom. The molecule has 1 aromatic heterocycles. The highest BCUT2D eigenvalue weighted by Gasteiger charge is 2.16. The summed E-state index contributed by atoms with van der Waals surface area (Å²) < 4.78 is 16.3. The van der Waals surface area contributed by atoms with Crippen LogP contribution in [0.2, 0.25) is 0 Å². The molecule has 3 rings (SSSR count). The first-order valence-electron chi connectivity index (χ1n) is 9.23. The number of hydrogen-bond donors (Lipinski definition) is 1. The Hall–Kier alpha value is -1.79. The molecule has 0 unspecified atom stereocenters. The van der Waals surface area contributed by atoms with Gasteiger partial charge in [0.1, 0.15) is 5.01 Å². The van der Waals surface area contributed by atoms with E-state index in [4.69, 9.17) is 14.2 Å². The summed E-state index contributed by atoms with van der Waals surface area (Å²) in [5.74, 6) is 1.93. The molecule has 26 heavy (non-hydrogen) atoms. The molecule has 142 valence electrons. The molecule has 0 radical (unpaired) electrons. The molecule has 6 heteroatoms. The van der Waals surface area contributed by atoms with Gasteiger partial charge in [-0.1, -0.05) is 25.7 Å². The van der Waals surface area contributed by atoms with Gasteiger partial charge in [-0.3, -0.25) is 0 Å². The standard InChI is InChI=1S/C20H28N2O3S/c1-23-16-10-14(11-17(24-2)20(16)25-3)18-12-22-19(26-18)13-21-15-8-6-4-5-7-9-15/h10-12,15,21H,4-9,13H2,1-3H3. The second-order valence-corrected chi connectivity index (χ2v) is 7.72. The van der Waals surface area contributed by atoms with Crippen LogP contribution in [0.25, 0.3) is 10.4 Å². The van der Waals surface area contributed by atoms with Crippen molar-refractivity contribution >= 4 is 11.3 Å². The monoisotopic (exact) mass is 376 g/mol. The third-order valence-corrected chi connectivity index (χ3v) is 5.95. The molecule has 0 saturated heterocycles. The minimum absolute atomic E-state index is 0.610.